The average Bonchev–Trinajstić information content (AvgIpc) is 2.53. The van der Waals surface area contributed by atoms with Crippen LogP contribution in [-0.4, -0.2) is 15.5 Å². The van der Waals surface area contributed by atoms with Crippen LogP contribution < -0.4 is 9.46 Å². The number of hydrogen-bond acceptors (Lipinski definition) is 4. The van der Waals surface area contributed by atoms with Crippen molar-refractivity contribution in [2.75, 3.05) is 11.8 Å². The van der Waals surface area contributed by atoms with Crippen molar-refractivity contribution in [1.29, 1.82) is 5.26 Å². The molecule has 0 heterocycles. The second-order valence-corrected chi connectivity index (χ2v) is 6.28. The molecule has 0 aliphatic rings. The van der Waals surface area contributed by atoms with E-state index in [1.54, 1.807) is 0 Å². The molecule has 24 heavy (non-hydrogen) atoms. The second-order valence-electron chi connectivity index (χ2n) is 4.63. The van der Waals surface area contributed by atoms with Gasteiger partial charge in [0, 0.05) is 6.07 Å². The molecule has 0 fully saturated rings. The van der Waals surface area contributed by atoms with Crippen LogP contribution in [0.15, 0.2) is 47.4 Å². The predicted molar refractivity (Wildman–Crippen MR) is 80.0 cm³/mol. The van der Waals surface area contributed by atoms with E-state index in [-0.39, 0.29) is 17.0 Å². The summed E-state index contributed by atoms with van der Waals surface area (Å²) in [5.74, 6) is 0.0989. The summed E-state index contributed by atoms with van der Waals surface area (Å²) in [5.41, 5.74) is -1.13. The van der Waals surface area contributed by atoms with Crippen molar-refractivity contribution in [3.8, 4) is 11.8 Å². The minimum atomic E-state index is -4.81. The first-order chi connectivity index (χ1) is 11.2. The summed E-state index contributed by atoms with van der Waals surface area (Å²) in [4.78, 5) is -0.888. The number of methoxy groups -OCH3 is 1. The molecule has 126 valence electrons. The molecule has 0 aliphatic heterocycles. The predicted octanol–water partition coefficient (Wildman–Crippen LogP) is 3.39. The van der Waals surface area contributed by atoms with Crippen molar-refractivity contribution in [1.82, 2.24) is 0 Å². The first-order valence-electron chi connectivity index (χ1n) is 6.46. The fraction of sp³-hybridized carbons (Fsp3) is 0.133. The highest BCUT2D eigenvalue weighted by Crippen LogP contribution is 2.35. The molecule has 0 radical (unpaired) electrons. The van der Waals surface area contributed by atoms with Gasteiger partial charge in [-0.25, -0.2) is 8.42 Å². The van der Waals surface area contributed by atoms with E-state index < -0.39 is 26.7 Å². The number of benzene rings is 2. The molecule has 0 atom stereocenters. The van der Waals surface area contributed by atoms with Gasteiger partial charge in [0.15, 0.2) is 0 Å². The zero-order valence-corrected chi connectivity index (χ0v) is 13.1. The number of sulfonamides is 1. The number of anilines is 1. The fourth-order valence-electron chi connectivity index (χ4n) is 1.99. The van der Waals surface area contributed by atoms with Gasteiger partial charge < -0.3 is 4.74 Å². The summed E-state index contributed by atoms with van der Waals surface area (Å²) in [6.07, 6.45) is -4.81. The van der Waals surface area contributed by atoms with Gasteiger partial charge in [-0.3, -0.25) is 4.72 Å². The third kappa shape index (κ3) is 3.60. The molecule has 1 N–H and O–H groups in total. The molecular weight excluding hydrogens is 345 g/mol. The lowest BCUT2D eigenvalue weighted by Crippen LogP contribution is -2.18. The molecule has 2 aromatic rings. The number of nitrogens with zero attached hydrogens (tertiary/aromatic N) is 1. The van der Waals surface area contributed by atoms with Crippen LogP contribution in [0.25, 0.3) is 0 Å². The lowest BCUT2D eigenvalue weighted by atomic mass is 10.2. The minimum Gasteiger partial charge on any atom is -0.495 e. The van der Waals surface area contributed by atoms with Gasteiger partial charge in [0.05, 0.1) is 28.8 Å². The molecule has 0 bridgehead atoms. The Morgan fingerprint density at radius 1 is 1.17 bits per heavy atom. The van der Waals surface area contributed by atoms with Gasteiger partial charge in [0.1, 0.15) is 11.8 Å². The minimum absolute atomic E-state index is 0.0252. The summed E-state index contributed by atoms with van der Waals surface area (Å²) in [6.45, 7) is 0. The number of rotatable bonds is 4. The summed E-state index contributed by atoms with van der Waals surface area (Å²) >= 11 is 0. The Labute approximate surface area is 136 Å². The van der Waals surface area contributed by atoms with Gasteiger partial charge in [-0.05, 0) is 24.3 Å². The van der Waals surface area contributed by atoms with Gasteiger partial charge in [0.25, 0.3) is 10.0 Å². The van der Waals surface area contributed by atoms with Crippen LogP contribution in [0, 0.1) is 11.3 Å². The molecule has 0 saturated heterocycles. The molecule has 0 saturated carbocycles. The zero-order chi connectivity index (χ0) is 18.0. The zero-order valence-electron chi connectivity index (χ0n) is 12.3. The quantitative estimate of drug-likeness (QED) is 0.911. The van der Waals surface area contributed by atoms with Crippen molar-refractivity contribution in [3.63, 3.8) is 0 Å². The highest BCUT2D eigenvalue weighted by Gasteiger charge is 2.36. The standard InChI is InChI=1S/C15H11F3N2O3S/c1-23-13-8-11(7-6-10(13)9-19)20-24(21,22)14-5-3-2-4-12(14)15(16,17)18/h2-8,20H,1H3. The highest BCUT2D eigenvalue weighted by atomic mass is 32.2. The molecule has 2 rings (SSSR count). The molecule has 0 aliphatic carbocycles. The maximum absolute atomic E-state index is 13.0. The van der Waals surface area contributed by atoms with Crippen LogP contribution in [0.5, 0.6) is 5.75 Å². The Morgan fingerprint density at radius 2 is 1.83 bits per heavy atom. The second kappa shape index (κ2) is 6.41. The van der Waals surface area contributed by atoms with Crippen molar-refractivity contribution in [2.24, 2.45) is 0 Å². The Kier molecular flexibility index (Phi) is 4.71. The maximum atomic E-state index is 13.0. The van der Waals surface area contributed by atoms with Crippen LogP contribution in [0.4, 0.5) is 18.9 Å². The average molecular weight is 356 g/mol. The lowest BCUT2D eigenvalue weighted by Gasteiger charge is -2.14. The molecule has 0 aromatic heterocycles. The van der Waals surface area contributed by atoms with Crippen molar-refractivity contribution >= 4 is 15.7 Å². The molecule has 0 spiro atoms. The molecule has 9 heteroatoms. The van der Waals surface area contributed by atoms with E-state index >= 15 is 0 Å². The third-order valence-corrected chi connectivity index (χ3v) is 4.50. The largest absolute Gasteiger partial charge is 0.495 e. The van der Waals surface area contributed by atoms with Gasteiger partial charge in [-0.2, -0.15) is 18.4 Å². The highest BCUT2D eigenvalue weighted by molar-refractivity contribution is 7.92. The number of alkyl halides is 3. The topological polar surface area (TPSA) is 79.2 Å². The van der Waals surface area contributed by atoms with Gasteiger partial charge in [-0.1, -0.05) is 12.1 Å². The monoisotopic (exact) mass is 356 g/mol. The Hall–Kier alpha value is -2.73. The van der Waals surface area contributed by atoms with Gasteiger partial charge in [-0.15, -0.1) is 0 Å². The normalized spacial score (nSPS) is 11.6. The number of hydrogen-bond donors (Lipinski definition) is 1. The van der Waals surface area contributed by atoms with E-state index in [9.17, 15) is 21.6 Å². The van der Waals surface area contributed by atoms with Crippen LogP contribution in [0.3, 0.4) is 0 Å². The molecular formula is C15H11F3N2O3S. The summed E-state index contributed by atoms with van der Waals surface area (Å²) in [5, 5.41) is 8.88. The van der Waals surface area contributed by atoms with Crippen LogP contribution in [0.2, 0.25) is 0 Å². The number of nitrogens with one attached hydrogen (secondary N) is 1. The summed E-state index contributed by atoms with van der Waals surface area (Å²) in [6, 6.07) is 9.47. The van der Waals surface area contributed by atoms with E-state index in [4.69, 9.17) is 10.00 Å². The van der Waals surface area contributed by atoms with E-state index in [2.05, 4.69) is 4.72 Å². The molecule has 0 unspecified atom stereocenters. The number of halogens is 3. The SMILES string of the molecule is COc1cc(NS(=O)(=O)c2ccccc2C(F)(F)F)ccc1C#N. The molecule has 5 nitrogen and oxygen atoms in total. The van der Waals surface area contributed by atoms with Gasteiger partial charge in [0.2, 0.25) is 0 Å². The van der Waals surface area contributed by atoms with Gasteiger partial charge >= 0.3 is 6.18 Å². The van der Waals surface area contributed by atoms with E-state index in [0.717, 1.165) is 12.1 Å². The smallest absolute Gasteiger partial charge is 0.417 e. The van der Waals surface area contributed by atoms with E-state index in [0.29, 0.717) is 6.07 Å². The van der Waals surface area contributed by atoms with Crippen LogP contribution in [-0.2, 0) is 16.2 Å². The first kappa shape index (κ1) is 17.6. The summed E-state index contributed by atoms with van der Waals surface area (Å²) < 4.78 is 70.6. The first-order valence-corrected chi connectivity index (χ1v) is 7.94. The van der Waals surface area contributed by atoms with Crippen molar-refractivity contribution in [3.05, 3.63) is 53.6 Å². The Morgan fingerprint density at radius 3 is 2.42 bits per heavy atom. The molecule has 2 aromatic carbocycles. The number of ether oxygens (including phenoxy) is 1. The Bertz CT molecular complexity index is 903. The van der Waals surface area contributed by atoms with E-state index in [1.165, 1.54) is 31.4 Å². The lowest BCUT2D eigenvalue weighted by molar-refractivity contribution is -0.139. The third-order valence-electron chi connectivity index (χ3n) is 3.06. The molecule has 0 amide bonds. The summed E-state index contributed by atoms with van der Waals surface area (Å²) in [7, 11) is -3.20. The van der Waals surface area contributed by atoms with Crippen LogP contribution in [0.1, 0.15) is 11.1 Å². The van der Waals surface area contributed by atoms with E-state index in [1.807, 2.05) is 6.07 Å². The Balaban J connectivity index is 2.46. The fourth-order valence-corrected chi connectivity index (χ4v) is 3.27. The van der Waals surface area contributed by atoms with Crippen molar-refractivity contribution in [2.45, 2.75) is 11.1 Å². The maximum Gasteiger partial charge on any atom is 0.417 e. The van der Waals surface area contributed by atoms with Crippen molar-refractivity contribution < 1.29 is 26.3 Å². The number of nitriles is 1. The van der Waals surface area contributed by atoms with Crippen LogP contribution >= 0.6 is 0 Å².